The fourth-order valence-corrected chi connectivity index (χ4v) is 2.25. The molecule has 1 heterocycles. The average Bonchev–Trinajstić information content (AvgIpc) is 2.49. The van der Waals surface area contributed by atoms with E-state index in [0.717, 1.165) is 43.5 Å². The van der Waals surface area contributed by atoms with Crippen LogP contribution in [0.15, 0.2) is 34.4 Å². The van der Waals surface area contributed by atoms with Gasteiger partial charge in [0.05, 0.1) is 6.34 Å². The van der Waals surface area contributed by atoms with Crippen LogP contribution in [0.5, 0.6) is 0 Å². The molecule has 1 aliphatic heterocycles. The molecule has 0 fully saturated rings. The van der Waals surface area contributed by atoms with Gasteiger partial charge in [0.2, 0.25) is 0 Å². The minimum absolute atomic E-state index is 0.163. The van der Waals surface area contributed by atoms with Crippen molar-refractivity contribution in [3.05, 3.63) is 41.3 Å². The largest absolute Gasteiger partial charge is 0.352 e. The summed E-state index contributed by atoms with van der Waals surface area (Å²) in [6, 6.07) is 5.49. The summed E-state index contributed by atoms with van der Waals surface area (Å²) < 4.78 is 14.5. The number of rotatable bonds is 2. The maximum atomic E-state index is 14.5. The van der Waals surface area contributed by atoms with Gasteiger partial charge in [0.15, 0.2) is 0 Å². The van der Waals surface area contributed by atoms with E-state index in [2.05, 4.69) is 15.3 Å². The van der Waals surface area contributed by atoms with E-state index >= 15 is 0 Å². The molecule has 4 heteroatoms. The highest BCUT2D eigenvalue weighted by Gasteiger charge is 2.09. The molecule has 1 aromatic carbocycles. The Labute approximate surface area is 125 Å². The lowest BCUT2D eigenvalue weighted by Gasteiger charge is -2.08. The van der Waals surface area contributed by atoms with Crippen LogP contribution in [0.2, 0.25) is 0 Å². The smallest absolute Gasteiger partial charge is 0.134 e. The highest BCUT2D eigenvalue weighted by Crippen LogP contribution is 2.20. The molecule has 0 radical (unpaired) electrons. The average molecular weight is 287 g/mol. The van der Waals surface area contributed by atoms with Gasteiger partial charge in [-0.1, -0.05) is 25.1 Å². The third-order valence-corrected chi connectivity index (χ3v) is 3.48. The minimum atomic E-state index is -0.163. The summed E-state index contributed by atoms with van der Waals surface area (Å²) in [6.45, 7) is 3.55. The van der Waals surface area contributed by atoms with E-state index in [1.165, 1.54) is 0 Å². The topological polar surface area (TPSA) is 36.8 Å². The maximum Gasteiger partial charge on any atom is 0.134 e. The molecule has 1 N–H and O–H groups in total. The third-order valence-electron chi connectivity index (χ3n) is 3.48. The molecule has 3 nitrogen and oxygen atoms in total. The lowest BCUT2D eigenvalue weighted by atomic mass is 10.0. The van der Waals surface area contributed by atoms with Gasteiger partial charge in [0.25, 0.3) is 0 Å². The molecule has 0 saturated heterocycles. The molecule has 21 heavy (non-hydrogen) atoms. The van der Waals surface area contributed by atoms with Crippen LogP contribution in [0, 0.1) is 5.82 Å². The second-order valence-corrected chi connectivity index (χ2v) is 5.03. The molecule has 0 amide bonds. The standard InChI is InChI=1S/C17H22FN3/c1-2-14-7-6-8-16(17(14)18)15-11-19-9-4-3-5-10-20-13-21-12-15/h6-8,11-13H,2-5,9-10H2,1H3,(H,20,21). The van der Waals surface area contributed by atoms with Crippen molar-refractivity contribution in [1.82, 2.24) is 5.32 Å². The highest BCUT2D eigenvalue weighted by molar-refractivity contribution is 6.10. The van der Waals surface area contributed by atoms with Crippen molar-refractivity contribution in [2.45, 2.75) is 32.6 Å². The molecular formula is C17H22FN3. The SMILES string of the molecule is CCc1cccc(C2=CNC=NCCCCCN=C2)c1F. The van der Waals surface area contributed by atoms with Gasteiger partial charge in [-0.25, -0.2) is 4.39 Å². The first-order chi connectivity index (χ1) is 10.3. The molecule has 0 saturated carbocycles. The summed E-state index contributed by atoms with van der Waals surface area (Å²) in [4.78, 5) is 8.68. The second kappa shape index (κ2) is 8.35. The summed E-state index contributed by atoms with van der Waals surface area (Å²) >= 11 is 0. The second-order valence-electron chi connectivity index (χ2n) is 5.03. The zero-order valence-corrected chi connectivity index (χ0v) is 12.5. The predicted octanol–water partition coefficient (Wildman–Crippen LogP) is 3.60. The summed E-state index contributed by atoms with van der Waals surface area (Å²) in [5.74, 6) is -0.163. The first-order valence-corrected chi connectivity index (χ1v) is 7.55. The molecule has 0 atom stereocenters. The number of nitrogens with zero attached hydrogens (tertiary/aromatic N) is 2. The van der Waals surface area contributed by atoms with Gasteiger partial charge < -0.3 is 5.32 Å². The van der Waals surface area contributed by atoms with E-state index in [-0.39, 0.29) is 5.82 Å². The first-order valence-electron chi connectivity index (χ1n) is 7.55. The van der Waals surface area contributed by atoms with E-state index in [1.807, 2.05) is 19.1 Å². The molecular weight excluding hydrogens is 265 g/mol. The van der Waals surface area contributed by atoms with E-state index in [4.69, 9.17) is 0 Å². The molecule has 112 valence electrons. The Morgan fingerprint density at radius 1 is 1.14 bits per heavy atom. The van der Waals surface area contributed by atoms with Gasteiger partial charge in [0, 0.05) is 36.6 Å². The molecule has 1 aromatic rings. The summed E-state index contributed by atoms with van der Waals surface area (Å²) in [6.07, 6.45) is 9.10. The Hall–Kier alpha value is -1.97. The Balaban J connectivity index is 2.30. The molecule has 0 spiro atoms. The number of nitrogens with one attached hydrogen (secondary N) is 1. The van der Waals surface area contributed by atoms with E-state index in [1.54, 1.807) is 24.8 Å². The summed E-state index contributed by atoms with van der Waals surface area (Å²) in [5, 5.41) is 3.00. The van der Waals surface area contributed by atoms with Crippen molar-refractivity contribution in [2.24, 2.45) is 9.98 Å². The Bertz CT molecular complexity index is 547. The Kier molecular flexibility index (Phi) is 6.13. The number of benzene rings is 1. The molecule has 1 aliphatic rings. The quantitative estimate of drug-likeness (QED) is 0.886. The zero-order chi connectivity index (χ0) is 14.9. The van der Waals surface area contributed by atoms with Crippen LogP contribution in [-0.4, -0.2) is 25.6 Å². The number of aryl methyl sites for hydroxylation is 1. The van der Waals surface area contributed by atoms with Crippen LogP contribution in [0.1, 0.15) is 37.3 Å². The van der Waals surface area contributed by atoms with Crippen LogP contribution in [0.25, 0.3) is 5.57 Å². The maximum absolute atomic E-state index is 14.5. The fourth-order valence-electron chi connectivity index (χ4n) is 2.25. The van der Waals surface area contributed by atoms with Crippen molar-refractivity contribution in [1.29, 1.82) is 0 Å². The number of allylic oxidation sites excluding steroid dienone is 1. The minimum Gasteiger partial charge on any atom is -0.352 e. The van der Waals surface area contributed by atoms with Crippen LogP contribution >= 0.6 is 0 Å². The van der Waals surface area contributed by atoms with Gasteiger partial charge in [-0.05, 0) is 31.2 Å². The lowest BCUT2D eigenvalue weighted by molar-refractivity contribution is 0.609. The molecule has 2 rings (SSSR count). The van der Waals surface area contributed by atoms with Gasteiger partial charge in [-0.15, -0.1) is 0 Å². The van der Waals surface area contributed by atoms with Gasteiger partial charge in [0.1, 0.15) is 5.82 Å². The van der Waals surface area contributed by atoms with Crippen LogP contribution in [0.4, 0.5) is 4.39 Å². The normalized spacial score (nSPS) is 16.6. The van der Waals surface area contributed by atoms with Crippen LogP contribution in [0.3, 0.4) is 0 Å². The van der Waals surface area contributed by atoms with Crippen molar-refractivity contribution in [3.8, 4) is 0 Å². The number of aliphatic imine (C=N–C) groups is 2. The van der Waals surface area contributed by atoms with Crippen LogP contribution in [-0.2, 0) is 6.42 Å². The van der Waals surface area contributed by atoms with Crippen molar-refractivity contribution < 1.29 is 4.39 Å². The van der Waals surface area contributed by atoms with Crippen molar-refractivity contribution >= 4 is 18.1 Å². The van der Waals surface area contributed by atoms with Gasteiger partial charge in [-0.2, -0.15) is 0 Å². The first kappa shape index (κ1) is 15.4. The van der Waals surface area contributed by atoms with Crippen molar-refractivity contribution in [2.75, 3.05) is 13.1 Å². The Morgan fingerprint density at radius 3 is 2.76 bits per heavy atom. The molecule has 0 bridgehead atoms. The lowest BCUT2D eigenvalue weighted by Crippen LogP contribution is -2.06. The third kappa shape index (κ3) is 4.52. The van der Waals surface area contributed by atoms with E-state index in [0.29, 0.717) is 12.0 Å². The van der Waals surface area contributed by atoms with Crippen molar-refractivity contribution in [3.63, 3.8) is 0 Å². The van der Waals surface area contributed by atoms with Gasteiger partial charge in [-0.3, -0.25) is 9.98 Å². The Morgan fingerprint density at radius 2 is 1.95 bits per heavy atom. The van der Waals surface area contributed by atoms with E-state index in [9.17, 15) is 4.39 Å². The number of halogens is 1. The molecule has 0 aromatic heterocycles. The van der Waals surface area contributed by atoms with E-state index < -0.39 is 0 Å². The van der Waals surface area contributed by atoms with Gasteiger partial charge >= 0.3 is 0 Å². The zero-order valence-electron chi connectivity index (χ0n) is 12.5. The summed E-state index contributed by atoms with van der Waals surface area (Å²) in [5.41, 5.74) is 2.05. The number of hydrogen-bond acceptors (Lipinski definition) is 3. The predicted molar refractivity (Wildman–Crippen MR) is 87.5 cm³/mol. The van der Waals surface area contributed by atoms with Crippen LogP contribution < -0.4 is 5.32 Å². The highest BCUT2D eigenvalue weighted by atomic mass is 19.1. The summed E-state index contributed by atoms with van der Waals surface area (Å²) in [7, 11) is 0. The molecule has 0 aliphatic carbocycles. The fraction of sp³-hybridized carbons (Fsp3) is 0.412. The molecule has 0 unspecified atom stereocenters. The number of hydrogen-bond donors (Lipinski definition) is 1. The monoisotopic (exact) mass is 287 g/mol.